The molecule has 0 radical (unpaired) electrons. The summed E-state index contributed by atoms with van der Waals surface area (Å²) < 4.78 is 0. The van der Waals surface area contributed by atoms with Crippen molar-refractivity contribution in [1.29, 1.82) is 0 Å². The average Bonchev–Trinajstić information content (AvgIpc) is 2.85. The van der Waals surface area contributed by atoms with Crippen molar-refractivity contribution in [2.45, 2.75) is 78.1 Å². The third-order valence-electron chi connectivity index (χ3n) is 7.57. The summed E-state index contributed by atoms with van der Waals surface area (Å²) in [7, 11) is 0. The van der Waals surface area contributed by atoms with Crippen LogP contribution in [0.5, 0.6) is 0 Å². The van der Waals surface area contributed by atoms with Crippen LogP contribution in [-0.4, -0.2) is 0 Å². The summed E-state index contributed by atoms with van der Waals surface area (Å²) in [6.07, 6.45) is 4.76. The van der Waals surface area contributed by atoms with Gasteiger partial charge in [0, 0.05) is 16.8 Å². The zero-order valence-corrected chi connectivity index (χ0v) is 22.4. The summed E-state index contributed by atoms with van der Waals surface area (Å²) in [5.41, 5.74) is 6.77. The van der Waals surface area contributed by atoms with Gasteiger partial charge >= 0.3 is 0 Å². The fourth-order valence-electron chi connectivity index (χ4n) is 5.49. The number of fused-ring (bicyclic) bond motifs is 1. The van der Waals surface area contributed by atoms with Gasteiger partial charge in [-0.25, -0.2) is 0 Å². The second-order valence-corrected chi connectivity index (χ2v) is 11.2. The SMILES string of the molecule is CCCC(C)(C)c1ccc(N(c2ccc(C(C)(C)CCC)cc2)c2cccc3ccccc23)cc1. The van der Waals surface area contributed by atoms with Crippen molar-refractivity contribution in [3.05, 3.63) is 102 Å². The largest absolute Gasteiger partial charge is 0.310 e. The highest BCUT2D eigenvalue weighted by atomic mass is 15.1. The molecule has 0 aliphatic rings. The maximum Gasteiger partial charge on any atom is 0.0540 e. The first-order valence-corrected chi connectivity index (χ1v) is 13.3. The minimum atomic E-state index is 0.185. The van der Waals surface area contributed by atoms with E-state index in [-0.39, 0.29) is 10.8 Å². The second-order valence-electron chi connectivity index (χ2n) is 11.2. The highest BCUT2D eigenvalue weighted by Gasteiger charge is 2.22. The van der Waals surface area contributed by atoms with Gasteiger partial charge in [-0.15, -0.1) is 0 Å². The number of anilines is 3. The standard InChI is InChI=1S/C34H41N/c1-7-24-33(3,4)27-16-20-29(21-17-27)35(32-15-11-13-26-12-9-10-14-31(26)32)30-22-18-28(19-23-30)34(5,6)25-8-2/h9-23H,7-8,24-25H2,1-6H3. The molecule has 0 spiro atoms. The average molecular weight is 464 g/mol. The lowest BCUT2D eigenvalue weighted by Gasteiger charge is -2.30. The van der Waals surface area contributed by atoms with Crippen LogP contribution < -0.4 is 4.90 Å². The lowest BCUT2D eigenvalue weighted by atomic mass is 9.80. The van der Waals surface area contributed by atoms with Gasteiger partial charge in [0.15, 0.2) is 0 Å². The van der Waals surface area contributed by atoms with Gasteiger partial charge in [0.25, 0.3) is 0 Å². The van der Waals surface area contributed by atoms with Crippen LogP contribution in [0.25, 0.3) is 10.8 Å². The third-order valence-corrected chi connectivity index (χ3v) is 7.57. The van der Waals surface area contributed by atoms with Crippen LogP contribution in [0.4, 0.5) is 17.1 Å². The van der Waals surface area contributed by atoms with E-state index in [0.29, 0.717) is 0 Å². The van der Waals surface area contributed by atoms with E-state index in [1.165, 1.54) is 64.6 Å². The van der Waals surface area contributed by atoms with E-state index in [0.717, 1.165) is 0 Å². The predicted molar refractivity (Wildman–Crippen MR) is 154 cm³/mol. The second kappa shape index (κ2) is 10.3. The van der Waals surface area contributed by atoms with Gasteiger partial charge in [0.05, 0.1) is 5.69 Å². The first kappa shape index (κ1) is 25.0. The van der Waals surface area contributed by atoms with Gasteiger partial charge in [-0.3, -0.25) is 0 Å². The van der Waals surface area contributed by atoms with Crippen LogP contribution >= 0.6 is 0 Å². The molecular formula is C34H41N. The summed E-state index contributed by atoms with van der Waals surface area (Å²) in [4.78, 5) is 2.41. The molecule has 0 atom stereocenters. The zero-order valence-electron chi connectivity index (χ0n) is 22.4. The van der Waals surface area contributed by atoms with Gasteiger partial charge in [-0.1, -0.05) is 115 Å². The molecule has 1 nitrogen and oxygen atoms in total. The molecular weight excluding hydrogens is 422 g/mol. The maximum absolute atomic E-state index is 2.41. The Morgan fingerprint density at radius 2 is 1.00 bits per heavy atom. The van der Waals surface area contributed by atoms with Crippen molar-refractivity contribution in [2.75, 3.05) is 4.90 Å². The number of hydrogen-bond donors (Lipinski definition) is 0. The van der Waals surface area contributed by atoms with Gasteiger partial charge in [0.2, 0.25) is 0 Å². The molecule has 4 rings (SSSR count). The Balaban J connectivity index is 1.82. The van der Waals surface area contributed by atoms with Crippen molar-refractivity contribution in [2.24, 2.45) is 0 Å². The van der Waals surface area contributed by atoms with Gasteiger partial charge in [0.1, 0.15) is 0 Å². The van der Waals surface area contributed by atoms with Gasteiger partial charge in [-0.05, 0) is 70.5 Å². The van der Waals surface area contributed by atoms with E-state index < -0.39 is 0 Å². The van der Waals surface area contributed by atoms with Crippen molar-refractivity contribution in [3.63, 3.8) is 0 Å². The smallest absolute Gasteiger partial charge is 0.0540 e. The van der Waals surface area contributed by atoms with Crippen LogP contribution in [0.2, 0.25) is 0 Å². The molecule has 0 aliphatic heterocycles. The third kappa shape index (κ3) is 5.30. The fraction of sp³-hybridized carbons (Fsp3) is 0.353. The van der Waals surface area contributed by atoms with Crippen LogP contribution in [0.1, 0.15) is 78.4 Å². The molecule has 4 aromatic rings. The van der Waals surface area contributed by atoms with E-state index in [9.17, 15) is 0 Å². The summed E-state index contributed by atoms with van der Waals surface area (Å²) in [6, 6.07) is 33.8. The highest BCUT2D eigenvalue weighted by molar-refractivity contribution is 5.98. The van der Waals surface area contributed by atoms with Crippen LogP contribution in [0.3, 0.4) is 0 Å². The van der Waals surface area contributed by atoms with E-state index >= 15 is 0 Å². The van der Waals surface area contributed by atoms with Crippen LogP contribution in [-0.2, 0) is 10.8 Å². The number of nitrogens with zero attached hydrogens (tertiary/aromatic N) is 1. The molecule has 4 aromatic carbocycles. The van der Waals surface area contributed by atoms with E-state index in [1.807, 2.05) is 0 Å². The summed E-state index contributed by atoms with van der Waals surface area (Å²) in [5, 5.41) is 2.53. The first-order valence-electron chi connectivity index (χ1n) is 13.3. The Bertz CT molecular complexity index is 1180. The molecule has 0 N–H and O–H groups in total. The van der Waals surface area contributed by atoms with Crippen molar-refractivity contribution >= 4 is 27.8 Å². The quantitative estimate of drug-likeness (QED) is 0.238. The number of hydrogen-bond acceptors (Lipinski definition) is 1. The molecule has 0 unspecified atom stereocenters. The van der Waals surface area contributed by atoms with Crippen molar-refractivity contribution in [1.82, 2.24) is 0 Å². The van der Waals surface area contributed by atoms with Crippen LogP contribution in [0.15, 0.2) is 91.0 Å². The Labute approximate surface area is 212 Å². The Morgan fingerprint density at radius 3 is 1.49 bits per heavy atom. The van der Waals surface area contributed by atoms with Gasteiger partial charge < -0.3 is 4.90 Å². The van der Waals surface area contributed by atoms with Crippen molar-refractivity contribution in [3.8, 4) is 0 Å². The zero-order chi connectivity index (χ0) is 25.1. The molecule has 0 aliphatic carbocycles. The molecule has 0 saturated carbocycles. The summed E-state index contributed by atoms with van der Waals surface area (Å²) in [5.74, 6) is 0. The van der Waals surface area contributed by atoms with E-state index in [4.69, 9.17) is 0 Å². The molecule has 0 fully saturated rings. The monoisotopic (exact) mass is 463 g/mol. The lowest BCUT2D eigenvalue weighted by Crippen LogP contribution is -2.18. The Morgan fingerprint density at radius 1 is 0.543 bits per heavy atom. The lowest BCUT2D eigenvalue weighted by molar-refractivity contribution is 0.473. The molecule has 1 heteroatoms. The number of benzene rings is 4. The molecule has 182 valence electrons. The fourth-order valence-corrected chi connectivity index (χ4v) is 5.49. The maximum atomic E-state index is 2.41. The predicted octanol–water partition coefficient (Wildman–Crippen LogP) is 10.5. The molecule has 0 amide bonds. The van der Waals surface area contributed by atoms with Crippen LogP contribution in [0, 0.1) is 0 Å². The minimum Gasteiger partial charge on any atom is -0.310 e. The topological polar surface area (TPSA) is 3.24 Å². The van der Waals surface area contributed by atoms with Crippen molar-refractivity contribution < 1.29 is 0 Å². The first-order chi connectivity index (χ1) is 16.8. The highest BCUT2D eigenvalue weighted by Crippen LogP contribution is 2.41. The summed E-state index contributed by atoms with van der Waals surface area (Å²) in [6.45, 7) is 13.9. The number of rotatable bonds is 9. The summed E-state index contributed by atoms with van der Waals surface area (Å²) >= 11 is 0. The van der Waals surface area contributed by atoms with E-state index in [1.54, 1.807) is 0 Å². The molecule has 0 saturated heterocycles. The molecule has 0 bridgehead atoms. The minimum absolute atomic E-state index is 0.185. The Hall–Kier alpha value is -3.06. The molecule has 0 aromatic heterocycles. The van der Waals surface area contributed by atoms with E-state index in [2.05, 4.69) is 137 Å². The normalized spacial score (nSPS) is 12.2. The Kier molecular flexibility index (Phi) is 7.36. The molecule has 0 heterocycles. The van der Waals surface area contributed by atoms with Gasteiger partial charge in [-0.2, -0.15) is 0 Å². The molecule has 35 heavy (non-hydrogen) atoms.